The van der Waals surface area contributed by atoms with E-state index in [0.29, 0.717) is 10.8 Å². The fourth-order valence-corrected chi connectivity index (χ4v) is 5.53. The highest BCUT2D eigenvalue weighted by Gasteiger charge is 2.25. The lowest BCUT2D eigenvalue weighted by Crippen LogP contribution is -2.26. The molecule has 0 aromatic carbocycles. The summed E-state index contributed by atoms with van der Waals surface area (Å²) in [6.07, 6.45) is 0. The predicted octanol–water partition coefficient (Wildman–Crippen LogP) is 3.16. The molecular weight excluding hydrogens is 374 g/mol. The Morgan fingerprint density at radius 3 is 2.52 bits per heavy atom. The Bertz CT molecular complexity index is 750. The van der Waals surface area contributed by atoms with Crippen molar-refractivity contribution >= 4 is 37.3 Å². The Morgan fingerprint density at radius 2 is 2.05 bits per heavy atom. The van der Waals surface area contributed by atoms with E-state index in [2.05, 4.69) is 21.0 Å². The van der Waals surface area contributed by atoms with Gasteiger partial charge in [0.2, 0.25) is 0 Å². The first-order valence-corrected chi connectivity index (χ1v) is 9.57. The topological polar surface area (TPSA) is 55.2 Å². The molecular formula is C13H18BrN3O2S2. The Kier molecular flexibility index (Phi) is 4.92. The van der Waals surface area contributed by atoms with E-state index < -0.39 is 10.0 Å². The molecule has 0 amide bonds. The van der Waals surface area contributed by atoms with Crippen LogP contribution < -0.4 is 0 Å². The van der Waals surface area contributed by atoms with Crippen molar-refractivity contribution in [1.29, 1.82) is 0 Å². The summed E-state index contributed by atoms with van der Waals surface area (Å²) in [5.41, 5.74) is 2.87. The summed E-state index contributed by atoms with van der Waals surface area (Å²) in [6.45, 7) is 7.01. The van der Waals surface area contributed by atoms with Gasteiger partial charge in [0.1, 0.15) is 4.21 Å². The van der Waals surface area contributed by atoms with Gasteiger partial charge in [0, 0.05) is 31.4 Å². The minimum absolute atomic E-state index is 0.329. The second-order valence-electron chi connectivity index (χ2n) is 4.78. The average Bonchev–Trinajstić information content (AvgIpc) is 2.97. The van der Waals surface area contributed by atoms with Crippen molar-refractivity contribution in [1.82, 2.24) is 14.1 Å². The van der Waals surface area contributed by atoms with Gasteiger partial charge in [0.15, 0.2) is 0 Å². The third-order valence-corrected chi connectivity index (χ3v) is 7.32. The van der Waals surface area contributed by atoms with Crippen molar-refractivity contribution in [3.05, 3.63) is 32.9 Å². The fourth-order valence-electron chi connectivity index (χ4n) is 2.17. The van der Waals surface area contributed by atoms with Crippen LogP contribution in [0.3, 0.4) is 0 Å². The first-order chi connectivity index (χ1) is 9.77. The molecule has 2 aromatic heterocycles. The highest BCUT2D eigenvalue weighted by atomic mass is 79.9. The van der Waals surface area contributed by atoms with Crippen LogP contribution in [0.2, 0.25) is 0 Å². The molecule has 2 heterocycles. The Labute approximate surface area is 137 Å². The summed E-state index contributed by atoms with van der Waals surface area (Å²) < 4.78 is 29.5. The Morgan fingerprint density at radius 1 is 1.38 bits per heavy atom. The number of aromatic nitrogens is 2. The van der Waals surface area contributed by atoms with Gasteiger partial charge in [-0.2, -0.15) is 9.40 Å². The molecule has 0 atom stereocenters. The number of rotatable bonds is 5. The van der Waals surface area contributed by atoms with E-state index >= 15 is 0 Å². The van der Waals surface area contributed by atoms with Gasteiger partial charge < -0.3 is 0 Å². The molecule has 2 rings (SSSR count). The van der Waals surface area contributed by atoms with Gasteiger partial charge in [-0.25, -0.2) is 8.42 Å². The highest BCUT2D eigenvalue weighted by molar-refractivity contribution is 9.11. The molecule has 2 aromatic rings. The van der Waals surface area contributed by atoms with Crippen LogP contribution >= 0.6 is 27.3 Å². The molecule has 116 valence electrons. The monoisotopic (exact) mass is 391 g/mol. The van der Waals surface area contributed by atoms with Crippen molar-refractivity contribution in [3.8, 4) is 0 Å². The summed E-state index contributed by atoms with van der Waals surface area (Å²) in [4.78, 5) is 0. The Balaban J connectivity index is 2.30. The number of thiophene rings is 1. The summed E-state index contributed by atoms with van der Waals surface area (Å²) in [5.74, 6) is 0. The van der Waals surface area contributed by atoms with Crippen molar-refractivity contribution in [2.45, 2.75) is 38.1 Å². The van der Waals surface area contributed by atoms with Crippen molar-refractivity contribution < 1.29 is 8.42 Å². The maximum atomic E-state index is 12.5. The van der Waals surface area contributed by atoms with Gasteiger partial charge in [-0.15, -0.1) is 11.3 Å². The summed E-state index contributed by atoms with van der Waals surface area (Å²) >= 11 is 4.52. The number of aryl methyl sites for hydroxylation is 2. The van der Waals surface area contributed by atoms with Crippen molar-refractivity contribution in [2.24, 2.45) is 0 Å². The van der Waals surface area contributed by atoms with Crippen LogP contribution in [-0.4, -0.2) is 29.6 Å². The van der Waals surface area contributed by atoms with E-state index in [-0.39, 0.29) is 0 Å². The van der Waals surface area contributed by atoms with Gasteiger partial charge in [-0.1, -0.05) is 0 Å². The molecule has 0 unspecified atom stereocenters. The molecule has 21 heavy (non-hydrogen) atoms. The molecule has 0 radical (unpaired) electrons. The van der Waals surface area contributed by atoms with Crippen LogP contribution in [0.5, 0.6) is 0 Å². The van der Waals surface area contributed by atoms with Crippen LogP contribution in [0.4, 0.5) is 0 Å². The van der Waals surface area contributed by atoms with Crippen LogP contribution in [0.25, 0.3) is 0 Å². The molecule has 0 aliphatic carbocycles. The molecule has 8 heteroatoms. The molecule has 0 aliphatic rings. The summed E-state index contributed by atoms with van der Waals surface area (Å²) in [5, 5.41) is 4.43. The fraction of sp³-hybridized carbons (Fsp3) is 0.462. The first-order valence-electron chi connectivity index (χ1n) is 6.52. The van der Waals surface area contributed by atoms with E-state index in [1.165, 1.54) is 15.6 Å². The number of nitrogens with zero attached hydrogens (tertiary/aromatic N) is 3. The lowest BCUT2D eigenvalue weighted by Gasteiger charge is -2.16. The molecule has 0 aliphatic heterocycles. The zero-order valence-electron chi connectivity index (χ0n) is 12.4. The van der Waals surface area contributed by atoms with Crippen LogP contribution in [0.1, 0.15) is 23.9 Å². The van der Waals surface area contributed by atoms with Gasteiger partial charge in [0.05, 0.1) is 9.48 Å². The molecule has 0 saturated carbocycles. The van der Waals surface area contributed by atoms with Gasteiger partial charge in [-0.3, -0.25) is 4.68 Å². The standard InChI is InChI=1S/C13H18BrN3O2S2/c1-5-17-10(3)11(9(2)15-17)8-16(4)21(18,19)13-7-6-12(14)20-13/h6-7H,5,8H2,1-4H3. The predicted molar refractivity (Wildman–Crippen MR) is 88.0 cm³/mol. The third-order valence-electron chi connectivity index (χ3n) is 3.42. The maximum Gasteiger partial charge on any atom is 0.252 e. The minimum Gasteiger partial charge on any atom is -0.270 e. The quantitative estimate of drug-likeness (QED) is 0.786. The molecule has 0 fully saturated rings. The zero-order chi connectivity index (χ0) is 15.8. The lowest BCUT2D eigenvalue weighted by molar-refractivity contribution is 0.466. The number of halogens is 1. The average molecular weight is 392 g/mol. The zero-order valence-corrected chi connectivity index (χ0v) is 15.6. The van der Waals surface area contributed by atoms with Gasteiger partial charge in [0.25, 0.3) is 10.0 Å². The lowest BCUT2D eigenvalue weighted by atomic mass is 10.2. The molecule has 0 saturated heterocycles. The number of hydrogen-bond acceptors (Lipinski definition) is 4. The van der Waals surface area contributed by atoms with Crippen LogP contribution in [-0.2, 0) is 23.1 Å². The number of hydrogen-bond donors (Lipinski definition) is 0. The van der Waals surface area contributed by atoms with Gasteiger partial charge >= 0.3 is 0 Å². The van der Waals surface area contributed by atoms with E-state index in [1.807, 2.05) is 25.5 Å². The van der Waals surface area contributed by atoms with Gasteiger partial charge in [-0.05, 0) is 48.8 Å². The minimum atomic E-state index is -3.46. The molecule has 0 spiro atoms. The maximum absolute atomic E-state index is 12.5. The SMILES string of the molecule is CCn1nc(C)c(CN(C)S(=O)(=O)c2ccc(Br)s2)c1C. The largest absolute Gasteiger partial charge is 0.270 e. The van der Waals surface area contributed by atoms with E-state index in [0.717, 1.165) is 27.3 Å². The van der Waals surface area contributed by atoms with Crippen LogP contribution in [0, 0.1) is 13.8 Å². The molecule has 0 bridgehead atoms. The second-order valence-corrected chi connectivity index (χ2v) is 9.52. The highest BCUT2D eigenvalue weighted by Crippen LogP contribution is 2.29. The smallest absolute Gasteiger partial charge is 0.252 e. The van der Waals surface area contributed by atoms with Crippen molar-refractivity contribution in [2.75, 3.05) is 7.05 Å². The van der Waals surface area contributed by atoms with E-state index in [1.54, 1.807) is 19.2 Å². The van der Waals surface area contributed by atoms with E-state index in [9.17, 15) is 8.42 Å². The summed E-state index contributed by atoms with van der Waals surface area (Å²) in [6, 6.07) is 3.37. The van der Waals surface area contributed by atoms with Crippen molar-refractivity contribution in [3.63, 3.8) is 0 Å². The molecule has 0 N–H and O–H groups in total. The van der Waals surface area contributed by atoms with Crippen LogP contribution in [0.15, 0.2) is 20.1 Å². The molecule has 5 nitrogen and oxygen atoms in total. The Hall–Kier alpha value is -0.700. The number of sulfonamides is 1. The first kappa shape index (κ1) is 16.7. The third kappa shape index (κ3) is 3.23. The normalized spacial score (nSPS) is 12.3. The second kappa shape index (κ2) is 6.20. The summed E-state index contributed by atoms with van der Waals surface area (Å²) in [7, 11) is -1.86. The van der Waals surface area contributed by atoms with E-state index in [4.69, 9.17) is 0 Å².